The SMILES string of the molecule is C/C=C\C(=N)N[C@@H](CCN(CCCCc1ccc2c(n1)NCCC2)C1CC1)C(=O)O. The van der Waals surface area contributed by atoms with Crippen LogP contribution in [0.5, 0.6) is 0 Å². The van der Waals surface area contributed by atoms with E-state index in [1.165, 1.54) is 24.8 Å². The first-order chi connectivity index (χ1) is 14.6. The van der Waals surface area contributed by atoms with Gasteiger partial charge in [-0.2, -0.15) is 0 Å². The molecule has 1 atom stereocenters. The van der Waals surface area contributed by atoms with Crippen molar-refractivity contribution >= 4 is 17.6 Å². The number of hydrogen-bond donors (Lipinski definition) is 4. The van der Waals surface area contributed by atoms with Gasteiger partial charge in [-0.1, -0.05) is 12.1 Å². The molecule has 7 nitrogen and oxygen atoms in total. The molecule has 1 aromatic heterocycles. The molecular formula is C23H35N5O2. The lowest BCUT2D eigenvalue weighted by atomic mass is 10.1. The summed E-state index contributed by atoms with van der Waals surface area (Å²) in [5, 5.41) is 23.5. The summed E-state index contributed by atoms with van der Waals surface area (Å²) >= 11 is 0. The largest absolute Gasteiger partial charge is 0.480 e. The third kappa shape index (κ3) is 6.83. The Morgan fingerprint density at radius 1 is 1.40 bits per heavy atom. The summed E-state index contributed by atoms with van der Waals surface area (Å²) < 4.78 is 0. The standard InChI is InChI=1S/C23H35N5O2/c1-2-6-21(24)27-20(23(29)30)13-16-28(19-11-12-19)15-4-3-8-18-10-9-17-7-5-14-25-22(17)26-18/h2,6,9-10,19-20H,3-5,7-8,11-16H2,1H3,(H2,24,27)(H,25,26)(H,29,30)/b6-2-/t20-/m0/s1. The van der Waals surface area contributed by atoms with Gasteiger partial charge in [-0.3, -0.25) is 5.41 Å². The minimum Gasteiger partial charge on any atom is -0.480 e. The number of nitrogens with zero attached hydrogens (tertiary/aromatic N) is 2. The first kappa shape index (κ1) is 22.3. The Morgan fingerprint density at radius 3 is 2.97 bits per heavy atom. The molecule has 30 heavy (non-hydrogen) atoms. The fourth-order valence-corrected chi connectivity index (χ4v) is 4.00. The summed E-state index contributed by atoms with van der Waals surface area (Å²) in [6, 6.07) is 4.25. The fraction of sp³-hybridized carbons (Fsp3) is 0.609. The van der Waals surface area contributed by atoms with Crippen LogP contribution in [-0.2, 0) is 17.6 Å². The zero-order chi connectivity index (χ0) is 21.3. The number of anilines is 1. The van der Waals surface area contributed by atoms with E-state index in [1.807, 2.05) is 6.92 Å². The molecule has 0 spiro atoms. The number of nitrogens with one attached hydrogen (secondary N) is 3. The first-order valence-electron chi connectivity index (χ1n) is 11.2. The van der Waals surface area contributed by atoms with Gasteiger partial charge in [0.1, 0.15) is 17.7 Å². The van der Waals surface area contributed by atoms with Crippen molar-refractivity contribution in [3.63, 3.8) is 0 Å². The average molecular weight is 414 g/mol. The maximum Gasteiger partial charge on any atom is 0.326 e. The molecule has 164 valence electrons. The van der Waals surface area contributed by atoms with Gasteiger partial charge in [-0.15, -0.1) is 0 Å². The molecule has 0 unspecified atom stereocenters. The Hall–Kier alpha value is -2.41. The Kier molecular flexibility index (Phi) is 8.25. The summed E-state index contributed by atoms with van der Waals surface area (Å²) in [7, 11) is 0. The molecular weight excluding hydrogens is 378 g/mol. The number of amidine groups is 1. The van der Waals surface area contributed by atoms with Gasteiger partial charge in [0.05, 0.1) is 0 Å². The molecule has 0 amide bonds. The lowest BCUT2D eigenvalue weighted by Gasteiger charge is -2.24. The number of hydrogen-bond acceptors (Lipinski definition) is 5. The van der Waals surface area contributed by atoms with E-state index < -0.39 is 12.0 Å². The molecule has 0 aromatic carbocycles. The summed E-state index contributed by atoms with van der Waals surface area (Å²) in [5.74, 6) is 0.316. The second-order valence-electron chi connectivity index (χ2n) is 8.30. The van der Waals surface area contributed by atoms with Crippen LogP contribution in [0.3, 0.4) is 0 Å². The molecule has 0 saturated heterocycles. The molecule has 1 aromatic rings. The first-order valence-corrected chi connectivity index (χ1v) is 11.2. The van der Waals surface area contributed by atoms with Gasteiger partial charge in [-0.05, 0) is 82.5 Å². The number of carbonyl (C=O) groups is 1. The van der Waals surface area contributed by atoms with Crippen LogP contribution < -0.4 is 10.6 Å². The van der Waals surface area contributed by atoms with Gasteiger partial charge in [-0.25, -0.2) is 9.78 Å². The molecule has 0 bridgehead atoms. The van der Waals surface area contributed by atoms with Crippen LogP contribution in [0.2, 0.25) is 0 Å². The average Bonchev–Trinajstić information content (AvgIpc) is 3.57. The van der Waals surface area contributed by atoms with Crippen LogP contribution in [0.15, 0.2) is 24.3 Å². The quantitative estimate of drug-likeness (QED) is 0.238. The molecule has 0 radical (unpaired) electrons. The highest BCUT2D eigenvalue weighted by Crippen LogP contribution is 2.27. The second-order valence-corrected chi connectivity index (χ2v) is 8.30. The molecule has 1 saturated carbocycles. The summed E-state index contributed by atoms with van der Waals surface area (Å²) in [4.78, 5) is 18.7. The number of aliphatic carboxylic acids is 1. The van der Waals surface area contributed by atoms with Gasteiger partial charge >= 0.3 is 5.97 Å². The second kappa shape index (κ2) is 11.1. The highest BCUT2D eigenvalue weighted by molar-refractivity contribution is 5.93. The smallest absolute Gasteiger partial charge is 0.326 e. The van der Waals surface area contributed by atoms with E-state index in [9.17, 15) is 9.90 Å². The van der Waals surface area contributed by atoms with E-state index >= 15 is 0 Å². The molecule has 2 aliphatic rings. The van der Waals surface area contributed by atoms with Crippen molar-refractivity contribution in [2.24, 2.45) is 0 Å². The Morgan fingerprint density at radius 2 is 2.23 bits per heavy atom. The van der Waals surface area contributed by atoms with Crippen molar-refractivity contribution in [2.45, 2.75) is 70.4 Å². The lowest BCUT2D eigenvalue weighted by molar-refractivity contribution is -0.139. The molecule has 1 aliphatic heterocycles. The molecule has 3 rings (SSSR count). The fourth-order valence-electron chi connectivity index (χ4n) is 4.00. The lowest BCUT2D eigenvalue weighted by Crippen LogP contribution is -2.42. The summed E-state index contributed by atoms with van der Waals surface area (Å²) in [6.45, 7) is 4.57. The molecule has 7 heteroatoms. The monoisotopic (exact) mass is 413 g/mol. The number of unbranched alkanes of at least 4 members (excludes halogenated alkanes) is 1. The minimum atomic E-state index is -0.896. The maximum absolute atomic E-state index is 11.5. The molecule has 2 heterocycles. The Bertz CT molecular complexity index is 760. The number of pyridine rings is 1. The topological polar surface area (TPSA) is 101 Å². The molecule has 1 fully saturated rings. The van der Waals surface area contributed by atoms with Crippen molar-refractivity contribution in [1.82, 2.24) is 15.2 Å². The van der Waals surface area contributed by atoms with Crippen LogP contribution >= 0.6 is 0 Å². The van der Waals surface area contributed by atoms with Crippen molar-refractivity contribution in [3.8, 4) is 0 Å². The van der Waals surface area contributed by atoms with Crippen molar-refractivity contribution in [2.75, 3.05) is 25.0 Å². The zero-order valence-electron chi connectivity index (χ0n) is 18.0. The summed E-state index contributed by atoms with van der Waals surface area (Å²) in [6.07, 6.45) is 11.7. The van der Waals surface area contributed by atoms with Crippen molar-refractivity contribution in [3.05, 3.63) is 35.5 Å². The maximum atomic E-state index is 11.5. The zero-order valence-corrected chi connectivity index (χ0v) is 18.0. The number of carboxylic acid groups (broad SMARTS) is 1. The van der Waals surface area contributed by atoms with Gasteiger partial charge in [0.15, 0.2) is 0 Å². The van der Waals surface area contributed by atoms with Crippen LogP contribution in [0.25, 0.3) is 0 Å². The van der Waals surface area contributed by atoms with E-state index in [4.69, 9.17) is 10.4 Å². The molecule has 1 aliphatic carbocycles. The summed E-state index contributed by atoms with van der Waals surface area (Å²) in [5.41, 5.74) is 2.48. The Balaban J connectivity index is 1.42. The van der Waals surface area contributed by atoms with Gasteiger partial charge in [0.25, 0.3) is 0 Å². The van der Waals surface area contributed by atoms with Crippen molar-refractivity contribution in [1.29, 1.82) is 5.41 Å². The number of carboxylic acids is 1. The number of aryl methyl sites for hydroxylation is 2. The van der Waals surface area contributed by atoms with Crippen molar-refractivity contribution < 1.29 is 9.90 Å². The van der Waals surface area contributed by atoms with Crippen LogP contribution in [-0.4, -0.2) is 58.5 Å². The third-order valence-electron chi connectivity index (χ3n) is 5.81. The highest BCUT2D eigenvalue weighted by atomic mass is 16.4. The number of allylic oxidation sites excluding steroid dienone is 1. The number of rotatable bonds is 12. The van der Waals surface area contributed by atoms with Crippen LogP contribution in [0, 0.1) is 5.41 Å². The highest BCUT2D eigenvalue weighted by Gasteiger charge is 2.29. The number of aromatic nitrogens is 1. The van der Waals surface area contributed by atoms with E-state index in [1.54, 1.807) is 12.2 Å². The van der Waals surface area contributed by atoms with Crippen LogP contribution in [0.1, 0.15) is 56.7 Å². The van der Waals surface area contributed by atoms with E-state index in [0.717, 1.165) is 56.8 Å². The predicted octanol–water partition coefficient (Wildman–Crippen LogP) is 3.21. The Labute approximate surface area is 179 Å². The van der Waals surface area contributed by atoms with E-state index in [0.29, 0.717) is 12.5 Å². The predicted molar refractivity (Wildman–Crippen MR) is 120 cm³/mol. The van der Waals surface area contributed by atoms with E-state index in [-0.39, 0.29) is 5.84 Å². The van der Waals surface area contributed by atoms with Crippen LogP contribution in [0.4, 0.5) is 5.82 Å². The van der Waals surface area contributed by atoms with Gasteiger partial charge in [0.2, 0.25) is 0 Å². The third-order valence-corrected chi connectivity index (χ3v) is 5.81. The van der Waals surface area contributed by atoms with Gasteiger partial charge < -0.3 is 20.6 Å². The number of fused-ring (bicyclic) bond motifs is 1. The normalized spacial score (nSPS) is 16.9. The molecule has 4 N–H and O–H groups in total. The minimum absolute atomic E-state index is 0.148. The van der Waals surface area contributed by atoms with Gasteiger partial charge in [0, 0.05) is 24.8 Å². The van der Waals surface area contributed by atoms with E-state index in [2.05, 4.69) is 27.7 Å².